The van der Waals surface area contributed by atoms with Gasteiger partial charge in [0.1, 0.15) is 0 Å². The van der Waals surface area contributed by atoms with Crippen LogP contribution in [0.4, 0.5) is 0 Å². The van der Waals surface area contributed by atoms with Crippen LogP contribution in [-0.4, -0.2) is 29.8 Å². The van der Waals surface area contributed by atoms with Gasteiger partial charge in [-0.15, -0.1) is 0 Å². The second-order valence-electron chi connectivity index (χ2n) is 3.28. The van der Waals surface area contributed by atoms with E-state index in [0.717, 1.165) is 5.56 Å². The SMILES string of the molecule is COc1ccc(CC(N)P(O)O)cc1OC. The molecule has 0 spiro atoms. The lowest BCUT2D eigenvalue weighted by molar-refractivity contribution is 0.354. The molecule has 0 aliphatic carbocycles. The average molecular weight is 245 g/mol. The maximum atomic E-state index is 8.95. The van der Waals surface area contributed by atoms with Crippen molar-refractivity contribution in [2.75, 3.05) is 14.2 Å². The molecule has 0 heterocycles. The third kappa shape index (κ3) is 3.32. The summed E-state index contributed by atoms with van der Waals surface area (Å²) in [5, 5.41) is 0. The molecule has 0 aromatic heterocycles. The molecule has 0 saturated heterocycles. The Morgan fingerprint density at radius 1 is 1.25 bits per heavy atom. The second kappa shape index (κ2) is 6.01. The van der Waals surface area contributed by atoms with Crippen molar-refractivity contribution in [3.8, 4) is 11.5 Å². The van der Waals surface area contributed by atoms with Gasteiger partial charge >= 0.3 is 0 Å². The van der Waals surface area contributed by atoms with Crippen molar-refractivity contribution < 1.29 is 19.3 Å². The first-order valence-corrected chi connectivity index (χ1v) is 6.03. The number of benzene rings is 1. The summed E-state index contributed by atoms with van der Waals surface area (Å²) in [6, 6.07) is 5.36. The minimum atomic E-state index is -2.10. The highest BCUT2D eigenvalue weighted by molar-refractivity contribution is 7.45. The zero-order valence-electron chi connectivity index (χ0n) is 9.25. The van der Waals surface area contributed by atoms with E-state index in [-0.39, 0.29) is 0 Å². The summed E-state index contributed by atoms with van der Waals surface area (Å²) in [5.41, 5.74) is 6.44. The van der Waals surface area contributed by atoms with Crippen LogP contribution in [0.5, 0.6) is 11.5 Å². The van der Waals surface area contributed by atoms with Crippen molar-refractivity contribution >= 4 is 8.38 Å². The molecule has 6 heteroatoms. The molecule has 4 N–H and O–H groups in total. The molecular formula is C10H16NO4P. The zero-order valence-corrected chi connectivity index (χ0v) is 10.1. The Kier molecular flexibility index (Phi) is 4.96. The third-order valence-electron chi connectivity index (χ3n) is 2.19. The summed E-state index contributed by atoms with van der Waals surface area (Å²) in [4.78, 5) is 17.9. The predicted octanol–water partition coefficient (Wildman–Crippen LogP) is 0.828. The lowest BCUT2D eigenvalue weighted by Gasteiger charge is -2.14. The Bertz CT molecular complexity index is 346. The maximum absolute atomic E-state index is 8.95. The molecule has 5 nitrogen and oxygen atoms in total. The molecule has 0 fully saturated rings. The molecule has 1 aromatic carbocycles. The first-order valence-electron chi connectivity index (χ1n) is 4.72. The van der Waals surface area contributed by atoms with Gasteiger partial charge in [0.25, 0.3) is 0 Å². The fraction of sp³-hybridized carbons (Fsp3) is 0.400. The van der Waals surface area contributed by atoms with Gasteiger partial charge < -0.3 is 25.0 Å². The van der Waals surface area contributed by atoms with Gasteiger partial charge in [0.2, 0.25) is 0 Å². The highest BCUT2D eigenvalue weighted by Gasteiger charge is 2.14. The smallest absolute Gasteiger partial charge is 0.183 e. The lowest BCUT2D eigenvalue weighted by atomic mass is 10.1. The van der Waals surface area contributed by atoms with Crippen LogP contribution >= 0.6 is 8.38 Å². The maximum Gasteiger partial charge on any atom is 0.183 e. The van der Waals surface area contributed by atoms with E-state index in [1.54, 1.807) is 26.4 Å². The Morgan fingerprint density at radius 2 is 1.88 bits per heavy atom. The van der Waals surface area contributed by atoms with Crippen LogP contribution in [0.3, 0.4) is 0 Å². The highest BCUT2D eigenvalue weighted by Crippen LogP contribution is 2.32. The molecule has 0 saturated carbocycles. The van der Waals surface area contributed by atoms with Gasteiger partial charge in [0.15, 0.2) is 19.9 Å². The van der Waals surface area contributed by atoms with Crippen molar-refractivity contribution in [3.05, 3.63) is 23.8 Å². The van der Waals surface area contributed by atoms with Crippen LogP contribution in [0, 0.1) is 0 Å². The van der Waals surface area contributed by atoms with Crippen molar-refractivity contribution in [1.29, 1.82) is 0 Å². The van der Waals surface area contributed by atoms with Gasteiger partial charge in [-0.25, -0.2) is 0 Å². The molecule has 16 heavy (non-hydrogen) atoms. The molecule has 1 unspecified atom stereocenters. The number of nitrogens with two attached hydrogens (primary N) is 1. The van der Waals surface area contributed by atoms with E-state index in [0.29, 0.717) is 17.9 Å². The van der Waals surface area contributed by atoms with Crippen LogP contribution in [0.1, 0.15) is 5.56 Å². The van der Waals surface area contributed by atoms with Crippen LogP contribution in [0.25, 0.3) is 0 Å². The third-order valence-corrected chi connectivity index (χ3v) is 2.97. The van der Waals surface area contributed by atoms with Gasteiger partial charge in [-0.1, -0.05) is 6.07 Å². The van der Waals surface area contributed by atoms with E-state index in [4.69, 9.17) is 25.0 Å². The number of hydrogen-bond acceptors (Lipinski definition) is 5. The molecule has 1 atom stereocenters. The normalized spacial score (nSPS) is 12.6. The number of methoxy groups -OCH3 is 2. The topological polar surface area (TPSA) is 84.9 Å². The van der Waals surface area contributed by atoms with E-state index < -0.39 is 14.2 Å². The number of ether oxygens (including phenoxy) is 2. The molecular weight excluding hydrogens is 229 g/mol. The summed E-state index contributed by atoms with van der Waals surface area (Å²) >= 11 is 0. The van der Waals surface area contributed by atoms with Crippen LogP contribution < -0.4 is 15.2 Å². The Morgan fingerprint density at radius 3 is 2.38 bits per heavy atom. The summed E-state index contributed by atoms with van der Waals surface area (Å²) in [7, 11) is 1.00. The van der Waals surface area contributed by atoms with E-state index in [2.05, 4.69) is 0 Å². The van der Waals surface area contributed by atoms with E-state index in [1.807, 2.05) is 6.07 Å². The quantitative estimate of drug-likeness (QED) is 0.669. The summed E-state index contributed by atoms with van der Waals surface area (Å²) in [6.45, 7) is 0. The molecule has 0 aliphatic rings. The minimum Gasteiger partial charge on any atom is -0.493 e. The van der Waals surface area contributed by atoms with E-state index in [1.165, 1.54) is 0 Å². The molecule has 1 rings (SSSR count). The second-order valence-corrected chi connectivity index (χ2v) is 4.59. The van der Waals surface area contributed by atoms with Crippen LogP contribution in [0.15, 0.2) is 18.2 Å². The summed E-state index contributed by atoms with van der Waals surface area (Å²) in [5.74, 6) is 0.593. The van der Waals surface area contributed by atoms with E-state index >= 15 is 0 Å². The van der Waals surface area contributed by atoms with Crippen molar-refractivity contribution in [2.45, 2.75) is 12.2 Å². The van der Waals surface area contributed by atoms with Crippen molar-refractivity contribution in [1.82, 2.24) is 0 Å². The lowest BCUT2D eigenvalue weighted by Crippen LogP contribution is -2.20. The monoisotopic (exact) mass is 245 g/mol. The van der Waals surface area contributed by atoms with Gasteiger partial charge in [-0.3, -0.25) is 0 Å². The largest absolute Gasteiger partial charge is 0.493 e. The fourth-order valence-electron chi connectivity index (χ4n) is 1.33. The van der Waals surface area contributed by atoms with Gasteiger partial charge in [0.05, 0.1) is 20.0 Å². The fourth-order valence-corrected chi connectivity index (χ4v) is 1.70. The van der Waals surface area contributed by atoms with Gasteiger partial charge in [0, 0.05) is 0 Å². The van der Waals surface area contributed by atoms with Crippen molar-refractivity contribution in [3.63, 3.8) is 0 Å². The molecule has 1 aromatic rings. The molecule has 0 amide bonds. The number of rotatable bonds is 5. The standard InChI is InChI=1S/C10H16NO4P/c1-14-8-4-3-7(5-9(8)15-2)6-10(11)16(12)13/h3-5,10,12-13H,6,11H2,1-2H3. The van der Waals surface area contributed by atoms with Crippen molar-refractivity contribution in [2.24, 2.45) is 5.73 Å². The number of hydrogen-bond donors (Lipinski definition) is 3. The van der Waals surface area contributed by atoms with E-state index in [9.17, 15) is 0 Å². The van der Waals surface area contributed by atoms with Gasteiger partial charge in [-0.05, 0) is 24.1 Å². The molecule has 0 bridgehead atoms. The summed E-state index contributed by atoms with van der Waals surface area (Å²) < 4.78 is 10.2. The Labute approximate surface area is 95.7 Å². The molecule has 90 valence electrons. The minimum absolute atomic E-state index is 0.388. The van der Waals surface area contributed by atoms with Crippen LogP contribution in [-0.2, 0) is 6.42 Å². The first-order chi connectivity index (χ1) is 7.58. The van der Waals surface area contributed by atoms with Gasteiger partial charge in [-0.2, -0.15) is 0 Å². The molecule has 0 radical (unpaired) electrons. The summed E-state index contributed by atoms with van der Waals surface area (Å²) in [6.07, 6.45) is 0.388. The Balaban J connectivity index is 2.82. The first kappa shape index (κ1) is 13.2. The van der Waals surface area contributed by atoms with Crippen LogP contribution in [0.2, 0.25) is 0 Å². The molecule has 0 aliphatic heterocycles. The highest BCUT2D eigenvalue weighted by atomic mass is 31.2. The zero-order chi connectivity index (χ0) is 12.1. The predicted molar refractivity (Wildman–Crippen MR) is 62.6 cm³/mol. The average Bonchev–Trinajstić information content (AvgIpc) is 2.28. The Hall–Kier alpha value is -0.870.